The molecule has 0 aliphatic rings. The summed E-state index contributed by atoms with van der Waals surface area (Å²) in [6, 6.07) is 19.3. The van der Waals surface area contributed by atoms with Gasteiger partial charge in [0.2, 0.25) is 0 Å². The summed E-state index contributed by atoms with van der Waals surface area (Å²) in [7, 11) is 0. The molecule has 0 aliphatic carbocycles. The Labute approximate surface area is 110 Å². The molecular formula is C17H21N. The van der Waals surface area contributed by atoms with Crippen LogP contribution in [0.4, 0.5) is 0 Å². The monoisotopic (exact) mass is 239 g/mol. The van der Waals surface area contributed by atoms with Crippen LogP contribution in [0.3, 0.4) is 0 Å². The summed E-state index contributed by atoms with van der Waals surface area (Å²) >= 11 is 0. The SMILES string of the molecule is Cc1cccc(CCC(CN)c2ccccc2)c1. The zero-order chi connectivity index (χ0) is 12.8. The first-order chi connectivity index (χ1) is 8.79. The van der Waals surface area contributed by atoms with Gasteiger partial charge in [0, 0.05) is 0 Å². The normalized spacial score (nSPS) is 12.3. The lowest BCUT2D eigenvalue weighted by Crippen LogP contribution is -2.13. The maximum atomic E-state index is 5.90. The Kier molecular flexibility index (Phi) is 4.54. The second-order valence-electron chi connectivity index (χ2n) is 4.87. The summed E-state index contributed by atoms with van der Waals surface area (Å²) in [6.45, 7) is 2.86. The van der Waals surface area contributed by atoms with Gasteiger partial charge in [-0.25, -0.2) is 0 Å². The summed E-state index contributed by atoms with van der Waals surface area (Å²) in [5.41, 5.74) is 9.99. The number of aryl methyl sites for hydroxylation is 2. The van der Waals surface area contributed by atoms with Gasteiger partial charge in [-0.2, -0.15) is 0 Å². The second kappa shape index (κ2) is 6.36. The van der Waals surface area contributed by atoms with Gasteiger partial charge in [-0.1, -0.05) is 60.2 Å². The van der Waals surface area contributed by atoms with E-state index >= 15 is 0 Å². The van der Waals surface area contributed by atoms with E-state index in [-0.39, 0.29) is 0 Å². The van der Waals surface area contributed by atoms with Gasteiger partial charge >= 0.3 is 0 Å². The molecule has 0 heterocycles. The van der Waals surface area contributed by atoms with Crippen LogP contribution in [0.25, 0.3) is 0 Å². The third-order valence-electron chi connectivity index (χ3n) is 3.42. The predicted octanol–water partition coefficient (Wildman–Crippen LogP) is 3.67. The summed E-state index contributed by atoms with van der Waals surface area (Å²) < 4.78 is 0. The fourth-order valence-electron chi connectivity index (χ4n) is 2.35. The molecule has 2 aromatic carbocycles. The summed E-state index contributed by atoms with van der Waals surface area (Å²) in [6.07, 6.45) is 2.21. The average molecular weight is 239 g/mol. The van der Waals surface area contributed by atoms with Crippen LogP contribution >= 0.6 is 0 Å². The zero-order valence-electron chi connectivity index (χ0n) is 11.0. The van der Waals surface area contributed by atoms with E-state index in [1.807, 2.05) is 0 Å². The third-order valence-corrected chi connectivity index (χ3v) is 3.42. The van der Waals surface area contributed by atoms with E-state index in [2.05, 4.69) is 61.5 Å². The van der Waals surface area contributed by atoms with Crippen LogP contribution < -0.4 is 5.73 Å². The molecule has 1 atom stereocenters. The number of rotatable bonds is 5. The van der Waals surface area contributed by atoms with E-state index in [0.29, 0.717) is 5.92 Å². The molecule has 0 spiro atoms. The highest BCUT2D eigenvalue weighted by Crippen LogP contribution is 2.20. The molecule has 0 amide bonds. The molecule has 1 nitrogen and oxygen atoms in total. The van der Waals surface area contributed by atoms with Crippen molar-refractivity contribution < 1.29 is 0 Å². The maximum Gasteiger partial charge on any atom is -0.000812 e. The Morgan fingerprint density at radius 3 is 2.44 bits per heavy atom. The number of hydrogen-bond donors (Lipinski definition) is 1. The van der Waals surface area contributed by atoms with Gasteiger partial charge in [0.15, 0.2) is 0 Å². The Hall–Kier alpha value is -1.60. The molecule has 18 heavy (non-hydrogen) atoms. The van der Waals surface area contributed by atoms with E-state index in [1.54, 1.807) is 0 Å². The first-order valence-corrected chi connectivity index (χ1v) is 6.60. The average Bonchev–Trinajstić information content (AvgIpc) is 2.41. The molecule has 0 saturated carbocycles. The van der Waals surface area contributed by atoms with Crippen molar-refractivity contribution >= 4 is 0 Å². The minimum atomic E-state index is 0.465. The molecule has 2 aromatic rings. The first-order valence-electron chi connectivity index (χ1n) is 6.60. The summed E-state index contributed by atoms with van der Waals surface area (Å²) in [5.74, 6) is 0.465. The van der Waals surface area contributed by atoms with Crippen molar-refractivity contribution in [3.05, 3.63) is 71.3 Å². The fraction of sp³-hybridized carbons (Fsp3) is 0.294. The van der Waals surface area contributed by atoms with E-state index in [0.717, 1.165) is 19.4 Å². The van der Waals surface area contributed by atoms with Crippen LogP contribution in [0, 0.1) is 6.92 Å². The highest BCUT2D eigenvalue weighted by atomic mass is 14.5. The molecule has 0 fully saturated rings. The number of nitrogens with two attached hydrogens (primary N) is 1. The van der Waals surface area contributed by atoms with Crippen molar-refractivity contribution in [1.82, 2.24) is 0 Å². The molecule has 1 heteroatoms. The molecule has 0 aliphatic heterocycles. The predicted molar refractivity (Wildman–Crippen MR) is 77.7 cm³/mol. The zero-order valence-corrected chi connectivity index (χ0v) is 11.0. The maximum absolute atomic E-state index is 5.90. The van der Waals surface area contributed by atoms with Gasteiger partial charge in [-0.15, -0.1) is 0 Å². The smallest absolute Gasteiger partial charge is 0.000812 e. The molecule has 2 rings (SSSR count). The van der Waals surface area contributed by atoms with Crippen LogP contribution in [-0.4, -0.2) is 6.54 Å². The Balaban J connectivity index is 2.00. The van der Waals surface area contributed by atoms with Crippen molar-refractivity contribution in [2.45, 2.75) is 25.7 Å². The lowest BCUT2D eigenvalue weighted by Gasteiger charge is -2.15. The van der Waals surface area contributed by atoms with Crippen LogP contribution in [0.5, 0.6) is 0 Å². The van der Waals surface area contributed by atoms with Crippen molar-refractivity contribution in [1.29, 1.82) is 0 Å². The molecule has 0 saturated heterocycles. The Morgan fingerprint density at radius 1 is 1.00 bits per heavy atom. The highest BCUT2D eigenvalue weighted by Gasteiger charge is 2.09. The minimum absolute atomic E-state index is 0.465. The van der Waals surface area contributed by atoms with E-state index in [9.17, 15) is 0 Å². The quantitative estimate of drug-likeness (QED) is 0.846. The van der Waals surface area contributed by atoms with Crippen LogP contribution in [0.1, 0.15) is 29.0 Å². The van der Waals surface area contributed by atoms with Crippen molar-refractivity contribution in [2.24, 2.45) is 5.73 Å². The molecule has 0 radical (unpaired) electrons. The summed E-state index contributed by atoms with van der Waals surface area (Å²) in [4.78, 5) is 0. The fourth-order valence-corrected chi connectivity index (χ4v) is 2.35. The Bertz CT molecular complexity index is 476. The molecule has 2 N–H and O–H groups in total. The molecule has 1 unspecified atom stereocenters. The van der Waals surface area contributed by atoms with Gasteiger partial charge in [-0.3, -0.25) is 0 Å². The molecule has 94 valence electrons. The van der Waals surface area contributed by atoms with E-state index in [1.165, 1.54) is 16.7 Å². The van der Waals surface area contributed by atoms with E-state index in [4.69, 9.17) is 5.73 Å². The minimum Gasteiger partial charge on any atom is -0.330 e. The lowest BCUT2D eigenvalue weighted by molar-refractivity contribution is 0.633. The largest absolute Gasteiger partial charge is 0.330 e. The first kappa shape index (κ1) is 12.8. The van der Waals surface area contributed by atoms with Crippen molar-refractivity contribution in [2.75, 3.05) is 6.54 Å². The standard InChI is InChI=1S/C17H21N/c1-14-6-5-7-15(12-14)10-11-17(13-18)16-8-3-2-4-9-16/h2-9,12,17H,10-11,13,18H2,1H3. The van der Waals surface area contributed by atoms with Gasteiger partial charge in [0.25, 0.3) is 0 Å². The van der Waals surface area contributed by atoms with E-state index < -0.39 is 0 Å². The van der Waals surface area contributed by atoms with Crippen molar-refractivity contribution in [3.8, 4) is 0 Å². The van der Waals surface area contributed by atoms with Gasteiger partial charge in [0.1, 0.15) is 0 Å². The number of benzene rings is 2. The molecule has 0 bridgehead atoms. The second-order valence-corrected chi connectivity index (χ2v) is 4.87. The van der Waals surface area contributed by atoms with Crippen LogP contribution in [-0.2, 0) is 6.42 Å². The van der Waals surface area contributed by atoms with Gasteiger partial charge in [-0.05, 0) is 43.4 Å². The van der Waals surface area contributed by atoms with Crippen LogP contribution in [0.2, 0.25) is 0 Å². The highest BCUT2D eigenvalue weighted by molar-refractivity contribution is 5.24. The number of hydrogen-bond acceptors (Lipinski definition) is 1. The van der Waals surface area contributed by atoms with Gasteiger partial charge < -0.3 is 5.73 Å². The molecular weight excluding hydrogens is 218 g/mol. The van der Waals surface area contributed by atoms with Gasteiger partial charge in [0.05, 0.1) is 0 Å². The topological polar surface area (TPSA) is 26.0 Å². The molecule has 0 aromatic heterocycles. The van der Waals surface area contributed by atoms with Crippen molar-refractivity contribution in [3.63, 3.8) is 0 Å². The summed E-state index contributed by atoms with van der Waals surface area (Å²) in [5, 5.41) is 0. The lowest BCUT2D eigenvalue weighted by atomic mass is 9.92. The Morgan fingerprint density at radius 2 is 1.78 bits per heavy atom. The third kappa shape index (κ3) is 3.44. The van der Waals surface area contributed by atoms with Crippen LogP contribution in [0.15, 0.2) is 54.6 Å².